The number of nitrogens with zero attached hydrogens (tertiary/aromatic N) is 1. The second-order valence-corrected chi connectivity index (χ2v) is 13.0. The Hall–Kier alpha value is -4.35. The largest absolute Gasteiger partial charge is 0.497 e. The van der Waals surface area contributed by atoms with E-state index in [1.807, 2.05) is 26.8 Å². The quantitative estimate of drug-likeness (QED) is 0.259. The second kappa shape index (κ2) is 12.0. The summed E-state index contributed by atoms with van der Waals surface area (Å²) in [7, 11) is -6.46. The minimum atomic E-state index is -4.10. The summed E-state index contributed by atoms with van der Waals surface area (Å²) in [5.41, 5.74) is 3.93. The van der Waals surface area contributed by atoms with E-state index < -0.39 is 32.5 Å². The van der Waals surface area contributed by atoms with Gasteiger partial charge in [0.05, 0.1) is 22.6 Å². The van der Waals surface area contributed by atoms with Crippen LogP contribution >= 0.6 is 0 Å². The summed E-state index contributed by atoms with van der Waals surface area (Å²) in [5, 5.41) is 2.65. The maximum atomic E-state index is 13.6. The lowest BCUT2D eigenvalue weighted by Crippen LogP contribution is -2.38. The minimum Gasteiger partial charge on any atom is -0.497 e. The number of carbonyl (C=O) groups is 1. The van der Waals surface area contributed by atoms with Gasteiger partial charge in [-0.3, -0.25) is 13.8 Å². The van der Waals surface area contributed by atoms with Crippen molar-refractivity contribution in [2.75, 3.05) is 28.0 Å². The highest BCUT2D eigenvalue weighted by Crippen LogP contribution is 2.26. The molecule has 0 unspecified atom stereocenters. The number of hydrogen-bond acceptors (Lipinski definition) is 6. The van der Waals surface area contributed by atoms with Gasteiger partial charge in [-0.05, 0) is 105 Å². The number of carbonyl (C=O) groups excluding carboxylic acids is 1. The highest BCUT2D eigenvalue weighted by molar-refractivity contribution is 7.93. The third-order valence-corrected chi connectivity index (χ3v) is 9.65. The number of amides is 1. The SMILES string of the molecule is COc1ccc(N(CC(=O)Nc2ccc(S(=O)(=O)Nc3ccc(C)c(C)c3)cc2)S(=O)(=O)c2ccc(C)cc2)cc1. The molecule has 0 spiro atoms. The van der Waals surface area contributed by atoms with Crippen LogP contribution in [0.2, 0.25) is 0 Å². The Morgan fingerprint density at radius 2 is 1.32 bits per heavy atom. The van der Waals surface area contributed by atoms with Gasteiger partial charge in [0, 0.05) is 11.4 Å². The molecule has 0 aromatic heterocycles. The van der Waals surface area contributed by atoms with Crippen LogP contribution in [0, 0.1) is 20.8 Å². The number of benzene rings is 4. The number of rotatable bonds is 10. The monoisotopic (exact) mass is 593 g/mol. The molecule has 0 atom stereocenters. The Labute approximate surface area is 240 Å². The van der Waals surface area contributed by atoms with Crippen LogP contribution in [0.5, 0.6) is 5.75 Å². The first-order chi connectivity index (χ1) is 19.4. The molecule has 41 heavy (non-hydrogen) atoms. The van der Waals surface area contributed by atoms with Crippen molar-refractivity contribution in [1.29, 1.82) is 0 Å². The molecule has 2 N–H and O–H groups in total. The first-order valence-electron chi connectivity index (χ1n) is 12.6. The van der Waals surface area contributed by atoms with Gasteiger partial charge in [-0.15, -0.1) is 0 Å². The minimum absolute atomic E-state index is 0.00975. The summed E-state index contributed by atoms with van der Waals surface area (Å²) in [6, 6.07) is 23.6. The van der Waals surface area contributed by atoms with E-state index in [1.54, 1.807) is 48.5 Å². The van der Waals surface area contributed by atoms with Crippen LogP contribution in [0.1, 0.15) is 16.7 Å². The lowest BCUT2D eigenvalue weighted by molar-refractivity contribution is -0.114. The molecule has 0 fully saturated rings. The Morgan fingerprint density at radius 3 is 1.90 bits per heavy atom. The molecular weight excluding hydrogens is 562 g/mol. The maximum absolute atomic E-state index is 13.6. The zero-order valence-corrected chi connectivity index (χ0v) is 24.7. The molecule has 4 aromatic rings. The first-order valence-corrected chi connectivity index (χ1v) is 15.5. The molecule has 214 valence electrons. The maximum Gasteiger partial charge on any atom is 0.264 e. The van der Waals surface area contributed by atoms with Gasteiger partial charge in [0.15, 0.2) is 0 Å². The van der Waals surface area contributed by atoms with Gasteiger partial charge in [-0.2, -0.15) is 0 Å². The average molecular weight is 594 g/mol. The van der Waals surface area contributed by atoms with E-state index in [0.29, 0.717) is 17.1 Å². The molecule has 11 heteroatoms. The van der Waals surface area contributed by atoms with Crippen molar-refractivity contribution in [3.8, 4) is 5.75 Å². The van der Waals surface area contributed by atoms with Crippen LogP contribution in [-0.4, -0.2) is 36.4 Å². The number of nitrogens with one attached hydrogen (secondary N) is 2. The average Bonchev–Trinajstić information content (AvgIpc) is 2.94. The van der Waals surface area contributed by atoms with E-state index in [1.165, 1.54) is 43.5 Å². The number of aryl methyl sites for hydroxylation is 3. The summed E-state index contributed by atoms with van der Waals surface area (Å²) in [5.74, 6) is -0.0757. The number of hydrogen-bond donors (Lipinski definition) is 2. The molecule has 0 heterocycles. The number of anilines is 3. The summed E-state index contributed by atoms with van der Waals surface area (Å²) >= 11 is 0. The van der Waals surface area contributed by atoms with Gasteiger partial charge in [0.25, 0.3) is 20.0 Å². The Kier molecular flexibility index (Phi) is 8.69. The van der Waals surface area contributed by atoms with Crippen LogP contribution in [0.3, 0.4) is 0 Å². The van der Waals surface area contributed by atoms with Gasteiger partial charge < -0.3 is 10.1 Å². The molecule has 0 aliphatic carbocycles. The fourth-order valence-electron chi connectivity index (χ4n) is 3.97. The molecule has 1 amide bonds. The van der Waals surface area contributed by atoms with Gasteiger partial charge in [-0.25, -0.2) is 16.8 Å². The van der Waals surface area contributed by atoms with Crippen molar-refractivity contribution in [2.45, 2.75) is 30.6 Å². The highest BCUT2D eigenvalue weighted by Gasteiger charge is 2.27. The molecule has 0 radical (unpaired) electrons. The molecule has 0 aliphatic heterocycles. The molecule has 0 bridgehead atoms. The molecule has 0 saturated carbocycles. The number of methoxy groups -OCH3 is 1. The van der Waals surface area contributed by atoms with Gasteiger partial charge >= 0.3 is 0 Å². The lowest BCUT2D eigenvalue weighted by Gasteiger charge is -2.24. The summed E-state index contributed by atoms with van der Waals surface area (Å²) in [6.07, 6.45) is 0. The third-order valence-electron chi connectivity index (χ3n) is 6.46. The van der Waals surface area contributed by atoms with Crippen LogP contribution in [0.4, 0.5) is 17.1 Å². The van der Waals surface area contributed by atoms with E-state index in [4.69, 9.17) is 4.74 Å². The predicted molar refractivity (Wildman–Crippen MR) is 161 cm³/mol. The van der Waals surface area contributed by atoms with Crippen LogP contribution < -0.4 is 19.1 Å². The Morgan fingerprint density at radius 1 is 0.732 bits per heavy atom. The molecule has 4 aromatic carbocycles. The van der Waals surface area contributed by atoms with Crippen LogP contribution in [-0.2, 0) is 24.8 Å². The Bertz CT molecular complexity index is 1750. The first kappa shape index (κ1) is 29.6. The highest BCUT2D eigenvalue weighted by atomic mass is 32.2. The number of ether oxygens (including phenoxy) is 1. The van der Waals surface area contributed by atoms with Crippen molar-refractivity contribution in [3.63, 3.8) is 0 Å². The van der Waals surface area contributed by atoms with Crippen molar-refractivity contribution < 1.29 is 26.4 Å². The fraction of sp³-hybridized carbons (Fsp3) is 0.167. The number of sulfonamides is 2. The summed E-state index contributed by atoms with van der Waals surface area (Å²) in [4.78, 5) is 13.1. The lowest BCUT2D eigenvalue weighted by atomic mass is 10.1. The van der Waals surface area contributed by atoms with Crippen molar-refractivity contribution in [1.82, 2.24) is 0 Å². The summed E-state index contributed by atoms with van der Waals surface area (Å²) in [6.45, 7) is 5.17. The topological polar surface area (TPSA) is 122 Å². The zero-order valence-electron chi connectivity index (χ0n) is 23.1. The van der Waals surface area contributed by atoms with E-state index in [-0.39, 0.29) is 15.5 Å². The molecule has 0 aliphatic rings. The standard InChI is InChI=1S/C30H31N3O6S2/c1-21-5-15-29(16-6-21)41(37,38)33(26-11-13-27(39-4)14-12-26)20-30(34)31-24-9-17-28(18-10-24)40(35,36)32-25-8-7-22(2)23(3)19-25/h5-19,32H,20H2,1-4H3,(H,31,34). The van der Waals surface area contributed by atoms with Crippen LogP contribution in [0.25, 0.3) is 0 Å². The third kappa shape index (κ3) is 7.05. The smallest absolute Gasteiger partial charge is 0.264 e. The van der Waals surface area contributed by atoms with Gasteiger partial charge in [0.2, 0.25) is 5.91 Å². The molecule has 9 nitrogen and oxygen atoms in total. The normalized spacial score (nSPS) is 11.5. The van der Waals surface area contributed by atoms with E-state index >= 15 is 0 Å². The summed E-state index contributed by atoms with van der Waals surface area (Å²) < 4.78 is 61.6. The fourth-order valence-corrected chi connectivity index (χ4v) is 6.44. The Balaban J connectivity index is 1.53. The van der Waals surface area contributed by atoms with E-state index in [2.05, 4.69) is 10.0 Å². The van der Waals surface area contributed by atoms with Gasteiger partial charge in [-0.1, -0.05) is 23.8 Å². The van der Waals surface area contributed by atoms with E-state index in [9.17, 15) is 21.6 Å². The van der Waals surface area contributed by atoms with Crippen molar-refractivity contribution in [2.24, 2.45) is 0 Å². The van der Waals surface area contributed by atoms with Crippen molar-refractivity contribution >= 4 is 43.0 Å². The van der Waals surface area contributed by atoms with Crippen molar-refractivity contribution in [3.05, 3.63) is 108 Å². The van der Waals surface area contributed by atoms with E-state index in [0.717, 1.165) is 21.0 Å². The van der Waals surface area contributed by atoms with Crippen LogP contribution in [0.15, 0.2) is 101 Å². The molecular formula is C30H31N3O6S2. The second-order valence-electron chi connectivity index (χ2n) is 9.50. The zero-order chi connectivity index (χ0) is 29.8. The molecule has 0 saturated heterocycles. The predicted octanol–water partition coefficient (Wildman–Crippen LogP) is 5.26. The molecule has 4 rings (SSSR count). The van der Waals surface area contributed by atoms with Gasteiger partial charge in [0.1, 0.15) is 12.3 Å².